The quantitative estimate of drug-likeness (QED) is 0.601. The lowest BCUT2D eigenvalue weighted by molar-refractivity contribution is 0.159. The van der Waals surface area contributed by atoms with Crippen molar-refractivity contribution in [2.45, 2.75) is 26.2 Å². The van der Waals surface area contributed by atoms with E-state index in [-0.39, 0.29) is 0 Å². The molecule has 0 aliphatic heterocycles. The van der Waals surface area contributed by atoms with E-state index in [0.29, 0.717) is 17.3 Å². The molecule has 0 atom stereocenters. The predicted molar refractivity (Wildman–Crippen MR) is 78.8 cm³/mol. The normalized spacial score (nSPS) is 10.2. The van der Waals surface area contributed by atoms with Gasteiger partial charge in [-0.3, -0.25) is 5.32 Å². The minimum atomic E-state index is -0.436. The number of aryl methyl sites for hydroxylation is 1. The third-order valence-corrected chi connectivity index (χ3v) is 3.40. The highest BCUT2D eigenvalue weighted by Gasteiger charge is 2.04. The number of alkyl halides is 1. The number of carbonyl (C=O) groups is 1. The Balaban J connectivity index is 2.29. The molecule has 0 aliphatic rings. The Bertz CT molecular complexity index is 399. The van der Waals surface area contributed by atoms with E-state index in [1.54, 1.807) is 12.1 Å². The van der Waals surface area contributed by atoms with Gasteiger partial charge in [0, 0.05) is 16.0 Å². The van der Waals surface area contributed by atoms with E-state index in [4.69, 9.17) is 16.3 Å². The minimum Gasteiger partial charge on any atom is -0.449 e. The first-order valence-electron chi connectivity index (χ1n) is 5.89. The van der Waals surface area contributed by atoms with Crippen molar-refractivity contribution in [3.8, 4) is 0 Å². The Kier molecular flexibility index (Phi) is 7.13. The topological polar surface area (TPSA) is 38.3 Å². The smallest absolute Gasteiger partial charge is 0.411 e. The average Bonchev–Trinajstić information content (AvgIpc) is 2.34. The molecule has 100 valence electrons. The second-order valence-electron chi connectivity index (χ2n) is 3.97. The molecule has 1 amide bonds. The molecular weight excluding hydrogens is 318 g/mol. The lowest BCUT2D eigenvalue weighted by Crippen LogP contribution is -2.14. The Morgan fingerprint density at radius 1 is 1.39 bits per heavy atom. The maximum atomic E-state index is 11.5. The number of ether oxygens (including phenoxy) is 1. The van der Waals surface area contributed by atoms with E-state index in [9.17, 15) is 4.79 Å². The third kappa shape index (κ3) is 5.74. The standard InChI is InChI=1S/C13H17BrClNO2/c1-10-5-6-11(9-12(10)15)16-13(17)18-8-4-2-3-7-14/h5-6,9H,2-4,7-8H2,1H3,(H,16,17). The van der Waals surface area contributed by atoms with Crippen molar-refractivity contribution in [1.29, 1.82) is 0 Å². The summed E-state index contributed by atoms with van der Waals surface area (Å²) < 4.78 is 5.05. The van der Waals surface area contributed by atoms with Crippen LogP contribution in [0.25, 0.3) is 0 Å². The summed E-state index contributed by atoms with van der Waals surface area (Å²) in [6.45, 7) is 2.35. The van der Waals surface area contributed by atoms with Crippen LogP contribution in [0, 0.1) is 6.92 Å². The van der Waals surface area contributed by atoms with Crippen LogP contribution >= 0.6 is 27.5 Å². The van der Waals surface area contributed by atoms with Crippen molar-refractivity contribution in [3.63, 3.8) is 0 Å². The highest BCUT2D eigenvalue weighted by atomic mass is 79.9. The number of nitrogens with one attached hydrogen (secondary N) is 1. The lowest BCUT2D eigenvalue weighted by atomic mass is 10.2. The van der Waals surface area contributed by atoms with Gasteiger partial charge in [0.15, 0.2) is 0 Å². The van der Waals surface area contributed by atoms with Crippen LogP contribution in [0.15, 0.2) is 18.2 Å². The molecule has 0 spiro atoms. The zero-order chi connectivity index (χ0) is 13.4. The van der Waals surface area contributed by atoms with Crippen LogP contribution in [0.2, 0.25) is 5.02 Å². The van der Waals surface area contributed by atoms with Gasteiger partial charge in [-0.2, -0.15) is 0 Å². The molecule has 0 unspecified atom stereocenters. The van der Waals surface area contributed by atoms with Gasteiger partial charge in [0.1, 0.15) is 0 Å². The number of benzene rings is 1. The Hall–Kier alpha value is -0.740. The monoisotopic (exact) mass is 333 g/mol. The van der Waals surface area contributed by atoms with Crippen LogP contribution in [0.4, 0.5) is 10.5 Å². The fourth-order valence-corrected chi connectivity index (χ4v) is 1.94. The maximum absolute atomic E-state index is 11.5. The zero-order valence-corrected chi connectivity index (χ0v) is 12.7. The van der Waals surface area contributed by atoms with Gasteiger partial charge in [-0.15, -0.1) is 0 Å². The number of halogens is 2. The van der Waals surface area contributed by atoms with Crippen molar-refractivity contribution in [2.75, 3.05) is 17.3 Å². The van der Waals surface area contributed by atoms with Crippen molar-refractivity contribution >= 4 is 39.3 Å². The molecule has 1 aromatic rings. The summed E-state index contributed by atoms with van der Waals surface area (Å²) in [7, 11) is 0. The minimum absolute atomic E-state index is 0.436. The molecule has 0 radical (unpaired) electrons. The van der Waals surface area contributed by atoms with Crippen LogP contribution in [0.5, 0.6) is 0 Å². The molecule has 0 aromatic heterocycles. The summed E-state index contributed by atoms with van der Waals surface area (Å²) >= 11 is 9.32. The first-order chi connectivity index (χ1) is 8.63. The number of rotatable bonds is 6. The van der Waals surface area contributed by atoms with Gasteiger partial charge in [-0.05, 0) is 43.9 Å². The average molecular weight is 335 g/mol. The van der Waals surface area contributed by atoms with Crippen LogP contribution in [0.1, 0.15) is 24.8 Å². The van der Waals surface area contributed by atoms with E-state index >= 15 is 0 Å². The SMILES string of the molecule is Cc1ccc(NC(=O)OCCCCCBr)cc1Cl. The summed E-state index contributed by atoms with van der Waals surface area (Å²) in [5.74, 6) is 0. The number of amides is 1. The third-order valence-electron chi connectivity index (χ3n) is 2.43. The molecular formula is C13H17BrClNO2. The number of anilines is 1. The zero-order valence-electron chi connectivity index (χ0n) is 10.3. The first-order valence-corrected chi connectivity index (χ1v) is 7.39. The van der Waals surface area contributed by atoms with Gasteiger partial charge in [-0.25, -0.2) is 4.79 Å². The number of hydrogen-bond acceptors (Lipinski definition) is 2. The van der Waals surface area contributed by atoms with Crippen LogP contribution < -0.4 is 5.32 Å². The van der Waals surface area contributed by atoms with E-state index in [0.717, 1.165) is 30.2 Å². The van der Waals surface area contributed by atoms with Crippen molar-refractivity contribution in [2.24, 2.45) is 0 Å². The number of hydrogen-bond donors (Lipinski definition) is 1. The molecule has 3 nitrogen and oxygen atoms in total. The molecule has 18 heavy (non-hydrogen) atoms. The second kappa shape index (κ2) is 8.38. The maximum Gasteiger partial charge on any atom is 0.411 e. The fraction of sp³-hybridized carbons (Fsp3) is 0.462. The summed E-state index contributed by atoms with van der Waals surface area (Å²) in [4.78, 5) is 11.5. The highest BCUT2D eigenvalue weighted by molar-refractivity contribution is 9.09. The molecule has 0 saturated heterocycles. The molecule has 1 N–H and O–H groups in total. The van der Waals surface area contributed by atoms with Gasteiger partial charge in [0.25, 0.3) is 0 Å². The Morgan fingerprint density at radius 3 is 2.83 bits per heavy atom. The van der Waals surface area contributed by atoms with Crippen molar-refractivity contribution < 1.29 is 9.53 Å². The van der Waals surface area contributed by atoms with Crippen LogP contribution in [-0.4, -0.2) is 18.0 Å². The first kappa shape index (κ1) is 15.3. The summed E-state index contributed by atoms with van der Waals surface area (Å²) in [5.41, 5.74) is 1.63. The second-order valence-corrected chi connectivity index (χ2v) is 5.17. The van der Waals surface area contributed by atoms with Crippen LogP contribution in [0.3, 0.4) is 0 Å². The molecule has 0 aliphatic carbocycles. The molecule has 1 aromatic carbocycles. The van der Waals surface area contributed by atoms with Crippen molar-refractivity contribution in [1.82, 2.24) is 0 Å². The van der Waals surface area contributed by atoms with Crippen LogP contribution in [-0.2, 0) is 4.74 Å². The summed E-state index contributed by atoms with van der Waals surface area (Å²) in [5, 5.41) is 4.26. The number of carbonyl (C=O) groups excluding carboxylic acids is 1. The van der Waals surface area contributed by atoms with Gasteiger partial charge >= 0.3 is 6.09 Å². The lowest BCUT2D eigenvalue weighted by Gasteiger charge is -2.07. The Labute approximate surface area is 121 Å². The van der Waals surface area contributed by atoms with Gasteiger partial charge in [0.2, 0.25) is 0 Å². The van der Waals surface area contributed by atoms with E-state index in [1.807, 2.05) is 13.0 Å². The summed E-state index contributed by atoms with van der Waals surface area (Å²) in [6, 6.07) is 5.37. The van der Waals surface area contributed by atoms with Crippen molar-refractivity contribution in [3.05, 3.63) is 28.8 Å². The molecule has 0 fully saturated rings. The highest BCUT2D eigenvalue weighted by Crippen LogP contribution is 2.19. The molecule has 0 heterocycles. The largest absolute Gasteiger partial charge is 0.449 e. The molecule has 0 saturated carbocycles. The Morgan fingerprint density at radius 2 is 2.17 bits per heavy atom. The predicted octanol–water partition coefficient (Wildman–Crippen LogP) is 4.76. The van der Waals surface area contributed by atoms with E-state index in [1.165, 1.54) is 0 Å². The summed E-state index contributed by atoms with van der Waals surface area (Å²) in [6.07, 6.45) is 2.59. The van der Waals surface area contributed by atoms with Gasteiger partial charge < -0.3 is 4.74 Å². The van der Waals surface area contributed by atoms with Gasteiger partial charge in [-0.1, -0.05) is 33.6 Å². The molecule has 1 rings (SSSR count). The molecule has 0 bridgehead atoms. The fourth-order valence-electron chi connectivity index (χ4n) is 1.36. The van der Waals surface area contributed by atoms with Gasteiger partial charge in [0.05, 0.1) is 6.61 Å². The number of unbranched alkanes of at least 4 members (excludes halogenated alkanes) is 2. The van der Waals surface area contributed by atoms with E-state index < -0.39 is 6.09 Å². The van der Waals surface area contributed by atoms with E-state index in [2.05, 4.69) is 21.2 Å². The molecule has 5 heteroatoms.